The number of rotatable bonds is 3. The number of alkyl halides is 3. The van der Waals surface area contributed by atoms with Gasteiger partial charge in [-0.1, -0.05) is 0 Å². The molecule has 1 rings (SSSR count). The molecule has 0 fully saturated rings. The first-order valence-electron chi connectivity index (χ1n) is 3.72. The van der Waals surface area contributed by atoms with Crippen LogP contribution in [0.15, 0.2) is 12.4 Å². The zero-order valence-corrected chi connectivity index (χ0v) is 7.08. The molecule has 0 aliphatic rings. The lowest BCUT2D eigenvalue weighted by Crippen LogP contribution is -2.19. The lowest BCUT2D eigenvalue weighted by molar-refractivity contribution is -0.153. The summed E-state index contributed by atoms with van der Waals surface area (Å²) in [6, 6.07) is 0. The highest BCUT2D eigenvalue weighted by Gasteiger charge is 2.28. The molecule has 2 N–H and O–H groups in total. The summed E-state index contributed by atoms with van der Waals surface area (Å²) >= 11 is 0. The van der Waals surface area contributed by atoms with Crippen molar-refractivity contribution in [3.63, 3.8) is 0 Å². The first-order chi connectivity index (χ1) is 6.51. The van der Waals surface area contributed by atoms with Gasteiger partial charge in [-0.3, -0.25) is 0 Å². The van der Waals surface area contributed by atoms with Gasteiger partial charge in [-0.15, -0.1) is 0 Å². The lowest BCUT2D eigenvalue weighted by atomic mass is 10.5. The van der Waals surface area contributed by atoms with Gasteiger partial charge in [0.15, 0.2) is 12.4 Å². The van der Waals surface area contributed by atoms with Gasteiger partial charge in [-0.2, -0.15) is 13.2 Å². The second kappa shape index (κ2) is 4.23. The predicted molar refractivity (Wildman–Crippen MR) is 41.5 cm³/mol. The number of aromatic nitrogens is 2. The normalized spacial score (nSPS) is 11.4. The van der Waals surface area contributed by atoms with E-state index in [2.05, 4.69) is 14.7 Å². The smallest absolute Gasteiger partial charge is 0.422 e. The number of ether oxygens (including phenoxy) is 1. The van der Waals surface area contributed by atoms with Crippen LogP contribution in [0.1, 0.15) is 5.82 Å². The van der Waals surface area contributed by atoms with Crippen LogP contribution in [0.5, 0.6) is 5.75 Å². The van der Waals surface area contributed by atoms with Crippen molar-refractivity contribution >= 4 is 0 Å². The molecular formula is C7H8F3N3O. The molecule has 14 heavy (non-hydrogen) atoms. The molecule has 0 bridgehead atoms. The van der Waals surface area contributed by atoms with Crippen LogP contribution in [0.2, 0.25) is 0 Å². The van der Waals surface area contributed by atoms with Crippen LogP contribution < -0.4 is 10.5 Å². The van der Waals surface area contributed by atoms with Gasteiger partial charge >= 0.3 is 6.18 Å². The molecule has 0 saturated carbocycles. The maximum atomic E-state index is 11.7. The Hall–Kier alpha value is -1.37. The van der Waals surface area contributed by atoms with Crippen LogP contribution in [0.4, 0.5) is 13.2 Å². The zero-order chi connectivity index (χ0) is 10.6. The Labute approximate surface area is 77.9 Å². The molecule has 0 unspecified atom stereocenters. The average molecular weight is 207 g/mol. The van der Waals surface area contributed by atoms with Gasteiger partial charge in [0.1, 0.15) is 5.82 Å². The van der Waals surface area contributed by atoms with Crippen molar-refractivity contribution in [2.75, 3.05) is 6.61 Å². The first-order valence-corrected chi connectivity index (χ1v) is 3.72. The van der Waals surface area contributed by atoms with Gasteiger partial charge in [-0.05, 0) is 0 Å². The molecule has 7 heteroatoms. The fourth-order valence-electron chi connectivity index (χ4n) is 0.688. The summed E-state index contributed by atoms with van der Waals surface area (Å²) in [4.78, 5) is 7.34. The molecule has 1 aromatic rings. The third-order valence-corrected chi connectivity index (χ3v) is 1.27. The summed E-state index contributed by atoms with van der Waals surface area (Å²) in [6.45, 7) is -1.21. The molecular weight excluding hydrogens is 199 g/mol. The van der Waals surface area contributed by atoms with Crippen LogP contribution >= 0.6 is 0 Å². The number of nitrogens with two attached hydrogens (primary N) is 1. The van der Waals surface area contributed by atoms with Crippen LogP contribution in [-0.4, -0.2) is 22.8 Å². The average Bonchev–Trinajstić information content (AvgIpc) is 2.14. The minimum atomic E-state index is -4.35. The van der Waals surface area contributed by atoms with E-state index >= 15 is 0 Å². The molecule has 1 heterocycles. The summed E-state index contributed by atoms with van der Waals surface area (Å²) in [6.07, 6.45) is -2.05. The highest BCUT2D eigenvalue weighted by Crippen LogP contribution is 2.16. The maximum Gasteiger partial charge on any atom is 0.422 e. The third kappa shape index (κ3) is 3.56. The summed E-state index contributed by atoms with van der Waals surface area (Å²) in [5, 5.41) is 0. The van der Waals surface area contributed by atoms with Crippen molar-refractivity contribution in [1.29, 1.82) is 0 Å². The van der Waals surface area contributed by atoms with Crippen LogP contribution in [0.25, 0.3) is 0 Å². The van der Waals surface area contributed by atoms with E-state index in [9.17, 15) is 13.2 Å². The van der Waals surface area contributed by atoms with Gasteiger partial charge in [0.2, 0.25) is 0 Å². The van der Waals surface area contributed by atoms with E-state index in [-0.39, 0.29) is 12.3 Å². The van der Waals surface area contributed by atoms with E-state index < -0.39 is 12.8 Å². The van der Waals surface area contributed by atoms with Gasteiger partial charge < -0.3 is 10.5 Å². The molecule has 0 aliphatic carbocycles. The number of hydrogen-bond acceptors (Lipinski definition) is 4. The van der Waals surface area contributed by atoms with E-state index in [1.165, 1.54) is 0 Å². The van der Waals surface area contributed by atoms with E-state index in [1.54, 1.807) is 0 Å². The van der Waals surface area contributed by atoms with E-state index in [0.717, 1.165) is 12.4 Å². The monoisotopic (exact) mass is 207 g/mol. The summed E-state index contributed by atoms with van der Waals surface area (Å²) in [5.74, 6) is 0.323. The Morgan fingerprint density at radius 1 is 1.29 bits per heavy atom. The Morgan fingerprint density at radius 2 is 1.86 bits per heavy atom. The Balaban J connectivity index is 2.52. The molecule has 0 atom stereocenters. The standard InChI is InChI=1S/C7H8F3N3O/c8-7(9,10)4-14-5-2-12-6(1-11)13-3-5/h2-3H,1,4,11H2. The molecule has 0 spiro atoms. The fourth-order valence-corrected chi connectivity index (χ4v) is 0.688. The highest BCUT2D eigenvalue weighted by molar-refractivity contribution is 5.12. The summed E-state index contributed by atoms with van der Waals surface area (Å²) in [7, 11) is 0. The van der Waals surface area contributed by atoms with Crippen LogP contribution in [0.3, 0.4) is 0 Å². The highest BCUT2D eigenvalue weighted by atomic mass is 19.4. The molecule has 0 saturated heterocycles. The molecule has 0 radical (unpaired) electrons. The molecule has 0 aliphatic heterocycles. The van der Waals surface area contributed by atoms with Gasteiger partial charge in [-0.25, -0.2) is 9.97 Å². The van der Waals surface area contributed by atoms with Crippen LogP contribution in [-0.2, 0) is 6.54 Å². The quantitative estimate of drug-likeness (QED) is 0.799. The van der Waals surface area contributed by atoms with Crippen molar-refractivity contribution in [2.45, 2.75) is 12.7 Å². The largest absolute Gasteiger partial charge is 0.481 e. The molecule has 78 valence electrons. The Kier molecular flexibility index (Phi) is 3.23. The van der Waals surface area contributed by atoms with Crippen LogP contribution in [0, 0.1) is 0 Å². The fraction of sp³-hybridized carbons (Fsp3) is 0.429. The number of nitrogens with zero attached hydrogens (tertiary/aromatic N) is 2. The maximum absolute atomic E-state index is 11.7. The minimum absolute atomic E-state index is 0.0282. The van der Waals surface area contributed by atoms with Crippen molar-refractivity contribution < 1.29 is 17.9 Å². The van der Waals surface area contributed by atoms with Crippen molar-refractivity contribution in [2.24, 2.45) is 5.73 Å². The van der Waals surface area contributed by atoms with Crippen molar-refractivity contribution in [1.82, 2.24) is 9.97 Å². The van der Waals surface area contributed by atoms with Gasteiger partial charge in [0, 0.05) is 0 Å². The summed E-state index contributed by atoms with van der Waals surface area (Å²) < 4.78 is 39.5. The van der Waals surface area contributed by atoms with E-state index in [4.69, 9.17) is 5.73 Å². The topological polar surface area (TPSA) is 61.0 Å². The predicted octanol–water partition coefficient (Wildman–Crippen LogP) is 0.876. The number of halogens is 3. The molecule has 0 aromatic carbocycles. The van der Waals surface area contributed by atoms with Gasteiger partial charge in [0.05, 0.1) is 18.9 Å². The molecule has 4 nitrogen and oxygen atoms in total. The third-order valence-electron chi connectivity index (χ3n) is 1.27. The lowest BCUT2D eigenvalue weighted by Gasteiger charge is -2.08. The van der Waals surface area contributed by atoms with E-state index in [0.29, 0.717) is 5.82 Å². The SMILES string of the molecule is NCc1ncc(OCC(F)(F)F)cn1. The second-order valence-corrected chi connectivity index (χ2v) is 2.44. The number of hydrogen-bond donors (Lipinski definition) is 1. The second-order valence-electron chi connectivity index (χ2n) is 2.44. The Bertz CT molecular complexity index is 285. The van der Waals surface area contributed by atoms with Crippen molar-refractivity contribution in [3.05, 3.63) is 18.2 Å². The summed E-state index contributed by atoms with van der Waals surface area (Å²) in [5.41, 5.74) is 5.20. The van der Waals surface area contributed by atoms with E-state index in [1.807, 2.05) is 0 Å². The van der Waals surface area contributed by atoms with Gasteiger partial charge in [0.25, 0.3) is 0 Å². The molecule has 1 aromatic heterocycles. The van der Waals surface area contributed by atoms with Crippen molar-refractivity contribution in [3.8, 4) is 5.75 Å². The zero-order valence-electron chi connectivity index (χ0n) is 7.08. The molecule has 0 amide bonds. The Morgan fingerprint density at radius 3 is 2.29 bits per heavy atom. The first kappa shape index (κ1) is 10.7. The minimum Gasteiger partial charge on any atom is -0.481 e.